The Labute approximate surface area is 146 Å². The molecule has 0 fully saturated rings. The molecule has 5 nitrogen and oxygen atoms in total. The van der Waals surface area contributed by atoms with Gasteiger partial charge in [-0.1, -0.05) is 29.8 Å². The van der Waals surface area contributed by atoms with E-state index in [2.05, 4.69) is 10.3 Å². The topological polar surface area (TPSA) is 64.4 Å². The first-order valence-electron chi connectivity index (χ1n) is 8.10. The Morgan fingerprint density at radius 3 is 2.76 bits per heavy atom. The molecule has 1 N–H and O–H groups in total. The molecule has 0 unspecified atom stereocenters. The van der Waals surface area contributed by atoms with Gasteiger partial charge in [-0.15, -0.1) is 0 Å². The highest BCUT2D eigenvalue weighted by Crippen LogP contribution is 2.24. The molecule has 0 saturated heterocycles. The number of hydrogen-bond donors (Lipinski definition) is 1. The minimum Gasteiger partial charge on any atom is -0.497 e. The number of hydrogen-bond acceptors (Lipinski definition) is 4. The van der Waals surface area contributed by atoms with Crippen LogP contribution in [0.15, 0.2) is 59.1 Å². The van der Waals surface area contributed by atoms with Crippen molar-refractivity contribution in [2.75, 3.05) is 12.4 Å². The summed E-state index contributed by atoms with van der Waals surface area (Å²) in [6.45, 7) is 2.01. The predicted molar refractivity (Wildman–Crippen MR) is 96.6 cm³/mol. The summed E-state index contributed by atoms with van der Waals surface area (Å²) < 4.78 is 10.9. The number of nitrogens with zero attached hydrogens (tertiary/aromatic N) is 1. The van der Waals surface area contributed by atoms with Gasteiger partial charge in [-0.3, -0.25) is 4.79 Å². The van der Waals surface area contributed by atoms with Gasteiger partial charge in [0.15, 0.2) is 11.7 Å². The number of carbonyl (C=O) groups excluding carboxylic acids is 1. The third kappa shape index (κ3) is 4.47. The van der Waals surface area contributed by atoms with Gasteiger partial charge in [0.05, 0.1) is 13.3 Å². The van der Waals surface area contributed by atoms with E-state index in [0.717, 1.165) is 22.6 Å². The lowest BCUT2D eigenvalue weighted by Crippen LogP contribution is -2.12. The molecule has 0 aliphatic rings. The van der Waals surface area contributed by atoms with Gasteiger partial charge >= 0.3 is 0 Å². The second-order valence-corrected chi connectivity index (χ2v) is 5.76. The van der Waals surface area contributed by atoms with E-state index in [1.807, 2.05) is 55.5 Å². The van der Waals surface area contributed by atoms with Crippen molar-refractivity contribution in [3.05, 3.63) is 66.2 Å². The molecule has 3 aromatic rings. The number of carbonyl (C=O) groups is 1. The van der Waals surface area contributed by atoms with Crippen LogP contribution >= 0.6 is 0 Å². The van der Waals surface area contributed by atoms with Crippen LogP contribution in [0.4, 0.5) is 5.69 Å². The molecule has 25 heavy (non-hydrogen) atoms. The molecule has 3 rings (SSSR count). The van der Waals surface area contributed by atoms with Crippen molar-refractivity contribution < 1.29 is 13.9 Å². The number of methoxy groups -OCH3 is 1. The van der Waals surface area contributed by atoms with E-state index < -0.39 is 0 Å². The lowest BCUT2D eigenvalue weighted by molar-refractivity contribution is -0.116. The fourth-order valence-electron chi connectivity index (χ4n) is 2.42. The molecule has 0 spiro atoms. The molecule has 2 aromatic carbocycles. The Hall–Kier alpha value is -3.08. The number of anilines is 1. The Morgan fingerprint density at radius 1 is 1.20 bits per heavy atom. The largest absolute Gasteiger partial charge is 0.497 e. The van der Waals surface area contributed by atoms with Crippen LogP contribution in [0.2, 0.25) is 0 Å². The van der Waals surface area contributed by atoms with Crippen molar-refractivity contribution in [1.82, 2.24) is 4.98 Å². The van der Waals surface area contributed by atoms with Gasteiger partial charge in [0.1, 0.15) is 5.75 Å². The van der Waals surface area contributed by atoms with Gasteiger partial charge < -0.3 is 14.5 Å². The highest BCUT2D eigenvalue weighted by atomic mass is 16.5. The molecule has 0 atom stereocenters. The minimum atomic E-state index is -0.0648. The van der Waals surface area contributed by atoms with Gasteiger partial charge in [-0.2, -0.15) is 0 Å². The molecule has 0 aliphatic carbocycles. The third-order valence-electron chi connectivity index (χ3n) is 3.81. The zero-order valence-corrected chi connectivity index (χ0v) is 14.3. The second kappa shape index (κ2) is 7.66. The van der Waals surface area contributed by atoms with Gasteiger partial charge in [-0.25, -0.2) is 4.98 Å². The molecule has 128 valence electrons. The van der Waals surface area contributed by atoms with Crippen LogP contribution in [0, 0.1) is 6.92 Å². The quantitative estimate of drug-likeness (QED) is 0.731. The van der Waals surface area contributed by atoms with Crippen LogP contribution in [-0.4, -0.2) is 18.0 Å². The summed E-state index contributed by atoms with van der Waals surface area (Å²) in [6.07, 6.45) is 2.43. The summed E-state index contributed by atoms with van der Waals surface area (Å²) in [5.74, 6) is 1.89. The Kier molecular flexibility index (Phi) is 5.14. The van der Waals surface area contributed by atoms with Crippen LogP contribution < -0.4 is 10.1 Å². The fraction of sp³-hybridized carbons (Fsp3) is 0.200. The fourth-order valence-corrected chi connectivity index (χ4v) is 2.42. The molecular formula is C20H20N2O3. The molecule has 1 aromatic heterocycles. The van der Waals surface area contributed by atoms with E-state index in [4.69, 9.17) is 9.15 Å². The zero-order chi connectivity index (χ0) is 17.6. The van der Waals surface area contributed by atoms with Crippen LogP contribution in [0.1, 0.15) is 17.9 Å². The molecule has 0 saturated carbocycles. The van der Waals surface area contributed by atoms with E-state index in [0.29, 0.717) is 24.5 Å². The van der Waals surface area contributed by atoms with Crippen LogP contribution in [0.25, 0.3) is 11.3 Å². The summed E-state index contributed by atoms with van der Waals surface area (Å²) >= 11 is 0. The summed E-state index contributed by atoms with van der Waals surface area (Å²) in [6, 6.07) is 15.3. The minimum absolute atomic E-state index is 0.0648. The van der Waals surface area contributed by atoms with E-state index in [1.54, 1.807) is 13.3 Å². The second-order valence-electron chi connectivity index (χ2n) is 5.76. The predicted octanol–water partition coefficient (Wildman–Crippen LogP) is 4.23. The van der Waals surface area contributed by atoms with E-state index >= 15 is 0 Å². The Balaban J connectivity index is 1.57. The molecule has 0 radical (unpaired) electrons. The molecule has 1 amide bonds. The average Bonchev–Trinajstić information content (AvgIpc) is 3.11. The van der Waals surface area contributed by atoms with E-state index in [9.17, 15) is 4.79 Å². The maximum Gasteiger partial charge on any atom is 0.224 e. The summed E-state index contributed by atoms with van der Waals surface area (Å²) in [5.41, 5.74) is 2.84. The maximum atomic E-state index is 12.0. The Bertz CT molecular complexity index is 853. The standard InChI is InChI=1S/C20H20N2O3/c1-14-6-8-16(9-7-14)22-19(23)10-11-20-21-13-18(25-20)15-4-3-5-17(12-15)24-2/h3-9,12-13H,10-11H2,1-2H3,(H,22,23). The molecule has 5 heteroatoms. The first-order chi connectivity index (χ1) is 12.1. The lowest BCUT2D eigenvalue weighted by Gasteiger charge is -2.04. The monoisotopic (exact) mass is 336 g/mol. The number of ether oxygens (including phenoxy) is 1. The van der Waals surface area contributed by atoms with Crippen molar-refractivity contribution in [2.24, 2.45) is 0 Å². The Morgan fingerprint density at radius 2 is 2.00 bits per heavy atom. The lowest BCUT2D eigenvalue weighted by atomic mass is 10.2. The van der Waals surface area contributed by atoms with Crippen molar-refractivity contribution in [1.29, 1.82) is 0 Å². The molecule has 0 aliphatic heterocycles. The van der Waals surface area contributed by atoms with Crippen molar-refractivity contribution in [2.45, 2.75) is 19.8 Å². The number of oxazole rings is 1. The first-order valence-corrected chi connectivity index (χ1v) is 8.10. The van der Waals surface area contributed by atoms with Gasteiger partial charge in [0.25, 0.3) is 0 Å². The number of benzene rings is 2. The van der Waals surface area contributed by atoms with Crippen molar-refractivity contribution in [3.63, 3.8) is 0 Å². The summed E-state index contributed by atoms with van der Waals surface area (Å²) in [5, 5.41) is 2.87. The first kappa shape index (κ1) is 16.8. The number of aryl methyl sites for hydroxylation is 2. The zero-order valence-electron chi connectivity index (χ0n) is 14.3. The maximum absolute atomic E-state index is 12.0. The number of rotatable bonds is 6. The van der Waals surface area contributed by atoms with Crippen LogP contribution in [0.5, 0.6) is 5.75 Å². The van der Waals surface area contributed by atoms with Gasteiger partial charge in [0, 0.05) is 24.1 Å². The number of nitrogens with one attached hydrogen (secondary N) is 1. The molecular weight excluding hydrogens is 316 g/mol. The SMILES string of the molecule is COc1cccc(-c2cnc(CCC(=O)Nc3ccc(C)cc3)o2)c1. The highest BCUT2D eigenvalue weighted by Gasteiger charge is 2.10. The van der Waals surface area contributed by atoms with E-state index in [1.165, 1.54) is 0 Å². The molecule has 0 bridgehead atoms. The number of aromatic nitrogens is 1. The third-order valence-corrected chi connectivity index (χ3v) is 3.81. The normalized spacial score (nSPS) is 10.5. The average molecular weight is 336 g/mol. The van der Waals surface area contributed by atoms with Crippen molar-refractivity contribution in [3.8, 4) is 17.1 Å². The summed E-state index contributed by atoms with van der Waals surface area (Å²) in [4.78, 5) is 16.3. The summed E-state index contributed by atoms with van der Waals surface area (Å²) in [7, 11) is 1.62. The highest BCUT2D eigenvalue weighted by molar-refractivity contribution is 5.90. The van der Waals surface area contributed by atoms with Crippen LogP contribution in [-0.2, 0) is 11.2 Å². The molecule has 1 heterocycles. The van der Waals surface area contributed by atoms with Gasteiger partial charge in [-0.05, 0) is 31.2 Å². The van der Waals surface area contributed by atoms with Gasteiger partial charge in [0.2, 0.25) is 5.91 Å². The smallest absolute Gasteiger partial charge is 0.224 e. The van der Waals surface area contributed by atoms with E-state index in [-0.39, 0.29) is 5.91 Å². The number of amides is 1. The van der Waals surface area contributed by atoms with Crippen molar-refractivity contribution >= 4 is 11.6 Å². The van der Waals surface area contributed by atoms with Crippen LogP contribution in [0.3, 0.4) is 0 Å².